The summed E-state index contributed by atoms with van der Waals surface area (Å²) in [6.45, 7) is 2.27. The quantitative estimate of drug-likeness (QED) is 0.795. The third-order valence-electron chi connectivity index (χ3n) is 3.17. The van der Waals surface area contributed by atoms with Gasteiger partial charge in [0.25, 0.3) is 10.0 Å². The van der Waals surface area contributed by atoms with E-state index < -0.39 is 21.0 Å². The number of aromatic nitrogens is 2. The zero-order chi connectivity index (χ0) is 14.2. The third kappa shape index (κ3) is 2.36. The van der Waals surface area contributed by atoms with Crippen molar-refractivity contribution < 1.29 is 23.1 Å². The molecule has 9 heteroatoms. The van der Waals surface area contributed by atoms with E-state index in [9.17, 15) is 13.2 Å². The molecule has 1 atom stereocenters. The van der Waals surface area contributed by atoms with Gasteiger partial charge in [0.05, 0.1) is 12.6 Å². The Morgan fingerprint density at radius 3 is 2.79 bits per heavy atom. The van der Waals surface area contributed by atoms with E-state index >= 15 is 0 Å². The van der Waals surface area contributed by atoms with E-state index in [0.29, 0.717) is 19.6 Å². The second-order valence-electron chi connectivity index (χ2n) is 4.37. The number of nitrogens with one attached hydrogen (secondary N) is 1. The molecule has 0 amide bonds. The maximum absolute atomic E-state index is 12.4. The van der Waals surface area contributed by atoms with Crippen LogP contribution in [0.1, 0.15) is 22.5 Å². The van der Waals surface area contributed by atoms with Crippen LogP contribution in [-0.4, -0.2) is 60.3 Å². The molecule has 2 rings (SSSR count). The van der Waals surface area contributed by atoms with Gasteiger partial charge < -0.3 is 9.84 Å². The van der Waals surface area contributed by atoms with Crippen molar-refractivity contribution in [2.24, 2.45) is 0 Å². The van der Waals surface area contributed by atoms with Gasteiger partial charge in [-0.05, 0) is 13.3 Å². The first kappa shape index (κ1) is 14.0. The molecule has 1 unspecified atom stereocenters. The van der Waals surface area contributed by atoms with Crippen LogP contribution >= 0.6 is 0 Å². The summed E-state index contributed by atoms with van der Waals surface area (Å²) in [5.41, 5.74) is -0.104. The van der Waals surface area contributed by atoms with Gasteiger partial charge in [-0.3, -0.25) is 5.10 Å². The number of H-pyrrole nitrogens is 1. The number of likely N-dealkylation sites (N-methyl/N-ethyl adjacent to an activating group) is 1. The molecule has 106 valence electrons. The Hall–Kier alpha value is -1.45. The van der Waals surface area contributed by atoms with Gasteiger partial charge in [-0.2, -0.15) is 9.40 Å². The number of hydrogen-bond acceptors (Lipinski definition) is 5. The summed E-state index contributed by atoms with van der Waals surface area (Å²) in [6.07, 6.45) is 0.585. The molecule has 0 spiro atoms. The van der Waals surface area contributed by atoms with Crippen LogP contribution in [0.5, 0.6) is 0 Å². The predicted octanol–water partition coefficient (Wildman–Crippen LogP) is -0.174. The summed E-state index contributed by atoms with van der Waals surface area (Å²) in [6, 6.07) is -0.288. The van der Waals surface area contributed by atoms with E-state index in [2.05, 4.69) is 10.2 Å². The third-order valence-corrected chi connectivity index (χ3v) is 5.01. The predicted molar refractivity (Wildman–Crippen MR) is 64.5 cm³/mol. The number of carboxylic acid groups (broad SMARTS) is 1. The smallest absolute Gasteiger partial charge is 0.340 e. The maximum Gasteiger partial charge on any atom is 0.340 e. The topological polar surface area (TPSA) is 113 Å². The zero-order valence-electron chi connectivity index (χ0n) is 10.6. The fraction of sp³-hybridized carbons (Fsp3) is 0.600. The van der Waals surface area contributed by atoms with Crippen LogP contribution in [0.25, 0.3) is 0 Å². The molecule has 0 saturated carbocycles. The second-order valence-corrected chi connectivity index (χ2v) is 6.29. The number of hydrogen-bond donors (Lipinski definition) is 2. The average molecular weight is 289 g/mol. The highest BCUT2D eigenvalue weighted by Crippen LogP contribution is 2.23. The average Bonchev–Trinajstić information content (AvgIpc) is 2.96. The molecule has 0 aliphatic carbocycles. The van der Waals surface area contributed by atoms with Crippen molar-refractivity contribution in [3.05, 3.63) is 11.3 Å². The number of aryl methyl sites for hydroxylation is 1. The van der Waals surface area contributed by atoms with E-state index in [-0.39, 0.29) is 17.3 Å². The van der Waals surface area contributed by atoms with E-state index in [1.807, 2.05) is 0 Å². The summed E-state index contributed by atoms with van der Waals surface area (Å²) < 4.78 is 31.0. The van der Waals surface area contributed by atoms with Gasteiger partial charge in [-0.15, -0.1) is 0 Å². The van der Waals surface area contributed by atoms with Crippen LogP contribution in [-0.2, 0) is 14.8 Å². The number of ether oxygens (including phenoxy) is 1. The fourth-order valence-electron chi connectivity index (χ4n) is 1.99. The van der Waals surface area contributed by atoms with Gasteiger partial charge in [0, 0.05) is 19.3 Å². The van der Waals surface area contributed by atoms with Crippen LogP contribution in [0, 0.1) is 6.92 Å². The number of aromatic amines is 1. The van der Waals surface area contributed by atoms with Crippen molar-refractivity contribution in [2.45, 2.75) is 24.4 Å². The van der Waals surface area contributed by atoms with Crippen LogP contribution in [0.2, 0.25) is 0 Å². The van der Waals surface area contributed by atoms with Gasteiger partial charge in [-0.1, -0.05) is 0 Å². The lowest BCUT2D eigenvalue weighted by atomic mass is 10.3. The molecule has 1 fully saturated rings. The minimum atomic E-state index is -3.95. The SMILES string of the molecule is Cc1[nH]nc(S(=O)(=O)N(C)C2CCOC2)c1C(=O)O. The summed E-state index contributed by atoms with van der Waals surface area (Å²) in [5, 5.41) is 14.7. The maximum atomic E-state index is 12.4. The first-order valence-electron chi connectivity index (χ1n) is 5.69. The van der Waals surface area contributed by atoms with Gasteiger partial charge in [0.1, 0.15) is 5.56 Å². The minimum absolute atomic E-state index is 0.210. The Morgan fingerprint density at radius 2 is 2.26 bits per heavy atom. The van der Waals surface area contributed by atoms with Crippen molar-refractivity contribution >= 4 is 16.0 Å². The Balaban J connectivity index is 2.42. The lowest BCUT2D eigenvalue weighted by Crippen LogP contribution is -2.38. The molecule has 8 nitrogen and oxygen atoms in total. The van der Waals surface area contributed by atoms with Crippen LogP contribution < -0.4 is 0 Å². The Kier molecular flexibility index (Phi) is 3.61. The molecule has 1 saturated heterocycles. The van der Waals surface area contributed by atoms with Gasteiger partial charge >= 0.3 is 5.97 Å². The first-order chi connectivity index (χ1) is 8.85. The van der Waals surface area contributed by atoms with Crippen molar-refractivity contribution in [1.29, 1.82) is 0 Å². The van der Waals surface area contributed by atoms with Gasteiger partial charge in [-0.25, -0.2) is 13.2 Å². The molecule has 0 radical (unpaired) electrons. The number of nitrogens with zero attached hydrogens (tertiary/aromatic N) is 2. The number of carboxylic acids is 1. The molecule has 2 heterocycles. The van der Waals surface area contributed by atoms with Crippen molar-refractivity contribution in [2.75, 3.05) is 20.3 Å². The Bertz CT molecular complexity index is 588. The Labute approximate surface area is 110 Å². The monoisotopic (exact) mass is 289 g/mol. The Morgan fingerprint density at radius 1 is 1.58 bits per heavy atom. The van der Waals surface area contributed by atoms with Crippen LogP contribution in [0.3, 0.4) is 0 Å². The molecule has 1 aromatic heterocycles. The second kappa shape index (κ2) is 4.91. The number of carbonyl (C=O) groups is 1. The summed E-state index contributed by atoms with van der Waals surface area (Å²) in [5.74, 6) is -1.32. The summed E-state index contributed by atoms with van der Waals surface area (Å²) in [4.78, 5) is 11.1. The molecule has 1 aliphatic heterocycles. The van der Waals surface area contributed by atoms with Crippen molar-refractivity contribution in [1.82, 2.24) is 14.5 Å². The lowest BCUT2D eigenvalue weighted by molar-refractivity contribution is 0.0691. The van der Waals surface area contributed by atoms with Gasteiger partial charge in [0.2, 0.25) is 5.03 Å². The van der Waals surface area contributed by atoms with Crippen molar-refractivity contribution in [3.8, 4) is 0 Å². The summed E-state index contributed by atoms with van der Waals surface area (Å²) >= 11 is 0. The highest BCUT2D eigenvalue weighted by Gasteiger charge is 2.36. The molecule has 19 heavy (non-hydrogen) atoms. The molecule has 2 N–H and O–H groups in total. The normalized spacial score (nSPS) is 20.1. The minimum Gasteiger partial charge on any atom is -0.478 e. The molecule has 1 aromatic rings. The van der Waals surface area contributed by atoms with E-state index in [4.69, 9.17) is 9.84 Å². The van der Waals surface area contributed by atoms with Crippen molar-refractivity contribution in [3.63, 3.8) is 0 Å². The van der Waals surface area contributed by atoms with E-state index in [1.54, 1.807) is 0 Å². The molecule has 1 aliphatic rings. The molecule has 0 bridgehead atoms. The van der Waals surface area contributed by atoms with E-state index in [1.165, 1.54) is 14.0 Å². The fourth-order valence-corrected chi connectivity index (χ4v) is 3.48. The van der Waals surface area contributed by atoms with Gasteiger partial charge in [0.15, 0.2) is 0 Å². The van der Waals surface area contributed by atoms with E-state index in [0.717, 1.165) is 4.31 Å². The standard InChI is InChI=1S/C10H15N3O5S/c1-6-8(10(14)15)9(12-11-6)19(16,17)13(2)7-3-4-18-5-7/h7H,3-5H2,1-2H3,(H,11,12)(H,14,15). The molecular formula is C10H15N3O5S. The largest absolute Gasteiger partial charge is 0.478 e. The number of aromatic carboxylic acids is 1. The number of sulfonamides is 1. The highest BCUT2D eigenvalue weighted by atomic mass is 32.2. The number of rotatable bonds is 4. The summed E-state index contributed by atoms with van der Waals surface area (Å²) in [7, 11) is -2.54. The zero-order valence-corrected chi connectivity index (χ0v) is 11.4. The highest BCUT2D eigenvalue weighted by molar-refractivity contribution is 7.89. The molecule has 0 aromatic carbocycles. The van der Waals surface area contributed by atoms with Crippen LogP contribution in [0.15, 0.2) is 5.03 Å². The lowest BCUT2D eigenvalue weighted by Gasteiger charge is -2.21. The molecular weight excluding hydrogens is 274 g/mol. The first-order valence-corrected chi connectivity index (χ1v) is 7.13. The van der Waals surface area contributed by atoms with Crippen LogP contribution in [0.4, 0.5) is 0 Å².